The van der Waals surface area contributed by atoms with E-state index in [4.69, 9.17) is 4.74 Å². The lowest BCUT2D eigenvalue weighted by Crippen LogP contribution is -2.40. The molecule has 6 heteroatoms. The van der Waals surface area contributed by atoms with Gasteiger partial charge in [-0.2, -0.15) is 0 Å². The number of hydrogen-bond acceptors (Lipinski definition) is 5. The van der Waals surface area contributed by atoms with Crippen molar-refractivity contribution in [2.45, 2.75) is 65.1 Å². The van der Waals surface area contributed by atoms with E-state index in [1.807, 2.05) is 32.6 Å². The third kappa shape index (κ3) is 5.25. The molecule has 22 heavy (non-hydrogen) atoms. The Bertz CT molecular complexity index is 496. The minimum absolute atomic E-state index is 0.175. The zero-order chi connectivity index (χ0) is 16.2. The lowest BCUT2D eigenvalue weighted by molar-refractivity contribution is 0.0220. The van der Waals surface area contributed by atoms with Crippen molar-refractivity contribution in [2.75, 3.05) is 13.1 Å². The molecule has 2 rings (SSSR count). The van der Waals surface area contributed by atoms with Crippen molar-refractivity contribution in [2.24, 2.45) is 0 Å². The monoisotopic (exact) mass is 325 g/mol. The molecule has 1 aromatic rings. The first-order valence-corrected chi connectivity index (χ1v) is 8.84. The van der Waals surface area contributed by atoms with Crippen LogP contribution in [-0.4, -0.2) is 40.7 Å². The van der Waals surface area contributed by atoms with Crippen LogP contribution >= 0.6 is 11.3 Å². The Morgan fingerprint density at radius 2 is 2.32 bits per heavy atom. The minimum atomic E-state index is -0.425. The van der Waals surface area contributed by atoms with Gasteiger partial charge in [-0.15, -0.1) is 11.3 Å². The molecule has 1 aliphatic heterocycles. The van der Waals surface area contributed by atoms with Crippen LogP contribution in [-0.2, 0) is 11.3 Å². The fourth-order valence-electron chi connectivity index (χ4n) is 2.64. The average Bonchev–Trinajstić information content (AvgIpc) is 3.01. The second kappa shape index (κ2) is 7.42. The number of aryl methyl sites for hydroxylation is 1. The summed E-state index contributed by atoms with van der Waals surface area (Å²) in [5.41, 5.74) is 0.652. The number of rotatable bonds is 5. The molecule has 0 radical (unpaired) electrons. The van der Waals surface area contributed by atoms with Crippen molar-refractivity contribution in [3.8, 4) is 0 Å². The van der Waals surface area contributed by atoms with Crippen molar-refractivity contribution >= 4 is 17.4 Å². The highest BCUT2D eigenvalue weighted by Gasteiger charge is 2.31. The zero-order valence-corrected chi connectivity index (χ0v) is 14.8. The predicted octanol–water partition coefficient (Wildman–Crippen LogP) is 3.33. The smallest absolute Gasteiger partial charge is 0.410 e. The molecule has 2 heterocycles. The Morgan fingerprint density at radius 3 is 2.95 bits per heavy atom. The number of nitrogens with zero attached hydrogens (tertiary/aromatic N) is 2. The highest BCUT2D eigenvalue weighted by molar-refractivity contribution is 7.09. The second-order valence-electron chi connectivity index (χ2n) is 6.82. The highest BCUT2D eigenvalue weighted by Crippen LogP contribution is 2.22. The third-order valence-electron chi connectivity index (χ3n) is 3.60. The second-order valence-corrected chi connectivity index (χ2v) is 7.76. The van der Waals surface area contributed by atoms with Gasteiger partial charge < -0.3 is 15.0 Å². The van der Waals surface area contributed by atoms with Gasteiger partial charge in [0.05, 0.1) is 0 Å². The number of ether oxygens (including phenoxy) is 1. The van der Waals surface area contributed by atoms with Crippen LogP contribution < -0.4 is 5.32 Å². The molecule has 1 aromatic heterocycles. The first-order valence-electron chi connectivity index (χ1n) is 7.96. The number of nitrogens with one attached hydrogen (secondary N) is 1. The molecule has 1 atom stereocenters. The van der Waals surface area contributed by atoms with Crippen LogP contribution in [0.5, 0.6) is 0 Å². The summed E-state index contributed by atoms with van der Waals surface area (Å²) >= 11 is 1.69. The molecule has 124 valence electrons. The zero-order valence-electron chi connectivity index (χ0n) is 14.0. The summed E-state index contributed by atoms with van der Waals surface area (Å²) in [5.74, 6) is 0. The number of carbonyl (C=O) groups excluding carboxylic acids is 1. The predicted molar refractivity (Wildman–Crippen MR) is 89.1 cm³/mol. The van der Waals surface area contributed by atoms with Gasteiger partial charge in [0.15, 0.2) is 0 Å². The molecule has 0 aliphatic carbocycles. The van der Waals surface area contributed by atoms with Gasteiger partial charge in [-0.25, -0.2) is 9.78 Å². The molecule has 1 amide bonds. The number of thiazole rings is 1. The topological polar surface area (TPSA) is 54.5 Å². The maximum atomic E-state index is 12.2. The molecule has 0 bridgehead atoms. The van der Waals surface area contributed by atoms with Gasteiger partial charge >= 0.3 is 6.09 Å². The summed E-state index contributed by atoms with van der Waals surface area (Å²) < 4.78 is 5.49. The lowest BCUT2D eigenvalue weighted by Gasteiger charge is -2.28. The molecule has 0 saturated carbocycles. The Kier molecular flexibility index (Phi) is 5.81. The molecular weight excluding hydrogens is 298 g/mol. The van der Waals surface area contributed by atoms with E-state index in [1.54, 1.807) is 11.3 Å². The standard InChI is InChI=1S/C16H27N3O2S/c1-12-11-22-14(18-12)10-17-8-7-13-6-5-9-19(13)15(20)21-16(2,3)4/h11,13,17H,5-10H2,1-4H3. The van der Waals surface area contributed by atoms with Crippen molar-refractivity contribution in [3.63, 3.8) is 0 Å². The number of aromatic nitrogens is 1. The quantitative estimate of drug-likeness (QED) is 0.844. The van der Waals surface area contributed by atoms with E-state index in [2.05, 4.69) is 15.7 Å². The molecule has 1 unspecified atom stereocenters. The highest BCUT2D eigenvalue weighted by atomic mass is 32.1. The molecule has 1 aliphatic rings. The summed E-state index contributed by atoms with van der Waals surface area (Å²) in [4.78, 5) is 18.5. The summed E-state index contributed by atoms with van der Waals surface area (Å²) in [7, 11) is 0. The van der Waals surface area contributed by atoms with E-state index in [9.17, 15) is 4.79 Å². The molecule has 0 spiro atoms. The van der Waals surface area contributed by atoms with E-state index >= 15 is 0 Å². The normalized spacial score (nSPS) is 18.7. The van der Waals surface area contributed by atoms with Crippen molar-refractivity contribution in [1.29, 1.82) is 0 Å². The molecule has 0 aromatic carbocycles. The Morgan fingerprint density at radius 1 is 1.55 bits per heavy atom. The van der Waals surface area contributed by atoms with Crippen LogP contribution in [0.25, 0.3) is 0 Å². The van der Waals surface area contributed by atoms with Gasteiger partial charge in [0, 0.05) is 30.2 Å². The molecule has 5 nitrogen and oxygen atoms in total. The number of amides is 1. The van der Waals surface area contributed by atoms with Crippen LogP contribution in [0, 0.1) is 6.92 Å². The maximum absolute atomic E-state index is 12.2. The van der Waals surface area contributed by atoms with Crippen molar-refractivity contribution < 1.29 is 9.53 Å². The van der Waals surface area contributed by atoms with E-state index in [0.717, 1.165) is 49.6 Å². The van der Waals surface area contributed by atoms with E-state index in [1.165, 1.54) is 0 Å². The summed E-state index contributed by atoms with van der Waals surface area (Å²) in [5, 5.41) is 6.60. The van der Waals surface area contributed by atoms with Crippen LogP contribution in [0.2, 0.25) is 0 Å². The lowest BCUT2D eigenvalue weighted by atomic mass is 10.1. The fraction of sp³-hybridized carbons (Fsp3) is 0.750. The van der Waals surface area contributed by atoms with Gasteiger partial charge in [-0.1, -0.05) is 0 Å². The Hall–Kier alpha value is -1.14. The molecule has 1 fully saturated rings. The van der Waals surface area contributed by atoms with Crippen molar-refractivity contribution in [3.05, 3.63) is 16.1 Å². The summed E-state index contributed by atoms with van der Waals surface area (Å²) in [6, 6.07) is 0.292. The number of likely N-dealkylation sites (tertiary alicyclic amines) is 1. The first kappa shape index (κ1) is 17.2. The Balaban J connectivity index is 1.73. The Labute approximate surface area is 137 Å². The first-order chi connectivity index (χ1) is 10.3. The van der Waals surface area contributed by atoms with Crippen LogP contribution in [0.1, 0.15) is 50.7 Å². The molecule has 1 saturated heterocycles. The van der Waals surface area contributed by atoms with Gasteiger partial charge in [-0.05, 0) is 53.5 Å². The van der Waals surface area contributed by atoms with Crippen molar-refractivity contribution in [1.82, 2.24) is 15.2 Å². The average molecular weight is 325 g/mol. The maximum Gasteiger partial charge on any atom is 0.410 e. The third-order valence-corrected chi connectivity index (χ3v) is 4.57. The number of carbonyl (C=O) groups is 1. The summed E-state index contributed by atoms with van der Waals surface area (Å²) in [6.45, 7) is 10.2. The number of hydrogen-bond donors (Lipinski definition) is 1. The van der Waals surface area contributed by atoms with Crippen LogP contribution in [0.4, 0.5) is 4.79 Å². The van der Waals surface area contributed by atoms with Gasteiger partial charge in [-0.3, -0.25) is 0 Å². The van der Waals surface area contributed by atoms with E-state index in [-0.39, 0.29) is 6.09 Å². The van der Waals surface area contributed by atoms with Gasteiger partial charge in [0.25, 0.3) is 0 Å². The minimum Gasteiger partial charge on any atom is -0.444 e. The SMILES string of the molecule is Cc1csc(CNCCC2CCCN2C(=O)OC(C)(C)C)n1. The van der Waals surface area contributed by atoms with Crippen LogP contribution in [0.15, 0.2) is 5.38 Å². The molecular formula is C16H27N3O2S. The van der Waals surface area contributed by atoms with E-state index in [0.29, 0.717) is 6.04 Å². The summed E-state index contributed by atoms with van der Waals surface area (Å²) in [6.07, 6.45) is 2.92. The largest absolute Gasteiger partial charge is 0.444 e. The van der Waals surface area contributed by atoms with Crippen LogP contribution in [0.3, 0.4) is 0 Å². The van der Waals surface area contributed by atoms with Gasteiger partial charge in [0.1, 0.15) is 10.6 Å². The molecule has 1 N–H and O–H groups in total. The van der Waals surface area contributed by atoms with Gasteiger partial charge in [0.2, 0.25) is 0 Å². The van der Waals surface area contributed by atoms with E-state index < -0.39 is 5.60 Å². The fourth-order valence-corrected chi connectivity index (χ4v) is 3.39.